The van der Waals surface area contributed by atoms with E-state index in [-0.39, 0.29) is 5.92 Å². The van der Waals surface area contributed by atoms with Crippen molar-refractivity contribution in [2.45, 2.75) is 37.8 Å². The highest BCUT2D eigenvalue weighted by Crippen LogP contribution is 2.38. The zero-order valence-corrected chi connectivity index (χ0v) is 13.3. The van der Waals surface area contributed by atoms with Crippen molar-refractivity contribution < 1.29 is 9.84 Å². The second kappa shape index (κ2) is 5.62. The second-order valence-electron chi connectivity index (χ2n) is 6.05. The van der Waals surface area contributed by atoms with Gasteiger partial charge in [0.1, 0.15) is 0 Å². The quantitative estimate of drug-likeness (QED) is 0.898. The Kier molecular flexibility index (Phi) is 4.02. The lowest BCUT2D eigenvalue weighted by atomic mass is 9.79. The van der Waals surface area contributed by atoms with Crippen LogP contribution in [0.15, 0.2) is 22.9 Å². The third-order valence-corrected chi connectivity index (χ3v) is 5.07. The van der Waals surface area contributed by atoms with Crippen LogP contribution in [0.1, 0.15) is 26.2 Å². The van der Waals surface area contributed by atoms with Crippen LogP contribution < -0.4 is 4.90 Å². The standard InChI is InChI=1S/C15H21BrN2O2/c1-15(19)4-6-20-10-13(15)14-3-2-5-18(14)12-7-11(16)8-17-9-12/h7-9,13-14,19H,2-6,10H2,1H3. The van der Waals surface area contributed by atoms with Gasteiger partial charge < -0.3 is 14.7 Å². The predicted octanol–water partition coefficient (Wildman–Crippen LogP) is 2.60. The summed E-state index contributed by atoms with van der Waals surface area (Å²) in [5.41, 5.74) is 0.494. The van der Waals surface area contributed by atoms with Gasteiger partial charge in [-0.2, -0.15) is 0 Å². The van der Waals surface area contributed by atoms with Crippen LogP contribution >= 0.6 is 15.9 Å². The van der Waals surface area contributed by atoms with Crippen molar-refractivity contribution in [1.82, 2.24) is 4.98 Å². The molecule has 3 rings (SSSR count). The van der Waals surface area contributed by atoms with E-state index in [2.05, 4.69) is 31.9 Å². The van der Waals surface area contributed by atoms with Crippen LogP contribution in [0.5, 0.6) is 0 Å². The lowest BCUT2D eigenvalue weighted by Crippen LogP contribution is -2.52. The molecule has 1 N–H and O–H groups in total. The molecule has 3 atom stereocenters. The molecule has 0 radical (unpaired) electrons. The summed E-state index contributed by atoms with van der Waals surface area (Å²) >= 11 is 3.48. The molecular formula is C15H21BrN2O2. The fourth-order valence-electron chi connectivity index (χ4n) is 3.47. The van der Waals surface area contributed by atoms with Crippen LogP contribution in [0, 0.1) is 5.92 Å². The zero-order chi connectivity index (χ0) is 14.2. The molecular weight excluding hydrogens is 320 g/mol. The molecule has 1 aromatic heterocycles. The SMILES string of the molecule is CC1(O)CCOCC1C1CCCN1c1cncc(Br)c1. The van der Waals surface area contributed by atoms with Gasteiger partial charge in [0.05, 0.1) is 24.1 Å². The molecule has 0 saturated carbocycles. The number of hydrogen-bond acceptors (Lipinski definition) is 4. The number of anilines is 1. The monoisotopic (exact) mass is 340 g/mol. The van der Waals surface area contributed by atoms with Crippen molar-refractivity contribution >= 4 is 21.6 Å². The third-order valence-electron chi connectivity index (χ3n) is 4.63. The average Bonchev–Trinajstić information content (AvgIpc) is 2.87. The Morgan fingerprint density at radius 3 is 3.10 bits per heavy atom. The van der Waals surface area contributed by atoms with Crippen LogP contribution in [-0.4, -0.2) is 41.5 Å². The number of rotatable bonds is 2. The molecule has 0 bridgehead atoms. The summed E-state index contributed by atoms with van der Waals surface area (Å²) in [6, 6.07) is 2.44. The first-order valence-corrected chi connectivity index (χ1v) is 8.04. The summed E-state index contributed by atoms with van der Waals surface area (Å²) in [4.78, 5) is 6.64. The number of nitrogens with zero attached hydrogens (tertiary/aromatic N) is 2. The summed E-state index contributed by atoms with van der Waals surface area (Å²) in [6.07, 6.45) is 6.69. The molecule has 3 unspecified atom stereocenters. The van der Waals surface area contributed by atoms with E-state index in [1.54, 1.807) is 6.20 Å². The molecule has 2 aliphatic rings. The van der Waals surface area contributed by atoms with Crippen LogP contribution in [0.4, 0.5) is 5.69 Å². The van der Waals surface area contributed by atoms with E-state index in [0.29, 0.717) is 19.3 Å². The highest BCUT2D eigenvalue weighted by atomic mass is 79.9. The Labute approximate surface area is 128 Å². The number of aliphatic hydroxyl groups is 1. The maximum atomic E-state index is 10.7. The van der Waals surface area contributed by atoms with E-state index in [9.17, 15) is 5.11 Å². The smallest absolute Gasteiger partial charge is 0.0711 e. The van der Waals surface area contributed by atoms with Crippen molar-refractivity contribution in [1.29, 1.82) is 0 Å². The van der Waals surface area contributed by atoms with Crippen molar-refractivity contribution in [3.05, 3.63) is 22.9 Å². The van der Waals surface area contributed by atoms with Crippen LogP contribution in [0.2, 0.25) is 0 Å². The first-order chi connectivity index (χ1) is 9.58. The number of pyridine rings is 1. The molecule has 2 saturated heterocycles. The fourth-order valence-corrected chi connectivity index (χ4v) is 3.82. The van der Waals surface area contributed by atoms with E-state index in [1.807, 2.05) is 13.1 Å². The van der Waals surface area contributed by atoms with Crippen molar-refractivity contribution in [3.8, 4) is 0 Å². The van der Waals surface area contributed by atoms with E-state index >= 15 is 0 Å². The van der Waals surface area contributed by atoms with Gasteiger partial charge in [-0.05, 0) is 48.2 Å². The van der Waals surface area contributed by atoms with Gasteiger partial charge >= 0.3 is 0 Å². The summed E-state index contributed by atoms with van der Waals surface area (Å²) < 4.78 is 6.62. The maximum Gasteiger partial charge on any atom is 0.0711 e. The number of ether oxygens (including phenoxy) is 1. The van der Waals surface area contributed by atoms with Crippen molar-refractivity contribution in [2.24, 2.45) is 5.92 Å². The Morgan fingerprint density at radius 2 is 2.35 bits per heavy atom. The van der Waals surface area contributed by atoms with Crippen molar-refractivity contribution in [2.75, 3.05) is 24.7 Å². The van der Waals surface area contributed by atoms with Crippen LogP contribution in [0.25, 0.3) is 0 Å². The first-order valence-electron chi connectivity index (χ1n) is 7.25. The molecule has 5 heteroatoms. The van der Waals surface area contributed by atoms with E-state index < -0.39 is 5.60 Å². The minimum absolute atomic E-state index is 0.165. The Bertz CT molecular complexity index is 481. The highest BCUT2D eigenvalue weighted by Gasteiger charge is 2.44. The van der Waals surface area contributed by atoms with Crippen molar-refractivity contribution in [3.63, 3.8) is 0 Å². The largest absolute Gasteiger partial charge is 0.390 e. The molecule has 0 aromatic carbocycles. The van der Waals surface area contributed by atoms with Gasteiger partial charge in [-0.15, -0.1) is 0 Å². The van der Waals surface area contributed by atoms with Crippen LogP contribution in [0.3, 0.4) is 0 Å². The molecule has 2 fully saturated rings. The molecule has 3 heterocycles. The average molecular weight is 341 g/mol. The molecule has 20 heavy (non-hydrogen) atoms. The minimum Gasteiger partial charge on any atom is -0.390 e. The Balaban J connectivity index is 1.85. The molecule has 2 aliphatic heterocycles. The zero-order valence-electron chi connectivity index (χ0n) is 11.8. The van der Waals surface area contributed by atoms with Gasteiger partial charge in [-0.25, -0.2) is 0 Å². The number of halogens is 1. The van der Waals surface area contributed by atoms with E-state index in [1.165, 1.54) is 0 Å². The highest BCUT2D eigenvalue weighted by molar-refractivity contribution is 9.10. The van der Waals surface area contributed by atoms with Gasteiger partial charge in [0.2, 0.25) is 0 Å². The Morgan fingerprint density at radius 1 is 1.50 bits per heavy atom. The number of aromatic nitrogens is 1. The molecule has 0 spiro atoms. The van der Waals surface area contributed by atoms with Gasteiger partial charge in [-0.3, -0.25) is 4.98 Å². The summed E-state index contributed by atoms with van der Waals surface area (Å²) in [5, 5.41) is 10.7. The van der Waals surface area contributed by atoms with Gasteiger partial charge in [0.15, 0.2) is 0 Å². The summed E-state index contributed by atoms with van der Waals surface area (Å²) in [6.45, 7) is 4.29. The van der Waals surface area contributed by atoms with Crippen LogP contribution in [-0.2, 0) is 4.74 Å². The predicted molar refractivity (Wildman–Crippen MR) is 81.9 cm³/mol. The fraction of sp³-hybridized carbons (Fsp3) is 0.667. The molecule has 0 amide bonds. The molecule has 0 aliphatic carbocycles. The molecule has 4 nitrogen and oxygen atoms in total. The minimum atomic E-state index is -0.634. The second-order valence-corrected chi connectivity index (χ2v) is 6.97. The lowest BCUT2D eigenvalue weighted by Gasteiger charge is -2.43. The Hall–Kier alpha value is -0.650. The molecule has 110 valence electrons. The molecule has 1 aromatic rings. The van der Waals surface area contributed by atoms with Gasteiger partial charge in [0, 0.05) is 35.8 Å². The third kappa shape index (κ3) is 2.71. The van der Waals surface area contributed by atoms with Gasteiger partial charge in [-0.1, -0.05) is 0 Å². The first kappa shape index (κ1) is 14.3. The topological polar surface area (TPSA) is 45.6 Å². The normalized spacial score (nSPS) is 34.5. The van der Waals surface area contributed by atoms with E-state index in [4.69, 9.17) is 4.74 Å². The van der Waals surface area contributed by atoms with E-state index in [0.717, 1.165) is 36.0 Å². The summed E-state index contributed by atoms with van der Waals surface area (Å²) in [5.74, 6) is 0.165. The van der Waals surface area contributed by atoms with Gasteiger partial charge in [0.25, 0.3) is 0 Å². The lowest BCUT2D eigenvalue weighted by molar-refractivity contribution is -0.108. The maximum absolute atomic E-state index is 10.7. The number of hydrogen-bond donors (Lipinski definition) is 1. The summed E-state index contributed by atoms with van der Waals surface area (Å²) in [7, 11) is 0.